The highest BCUT2D eigenvalue weighted by atomic mass is 79.9. The molecule has 0 aliphatic rings. The lowest BCUT2D eigenvalue weighted by Gasteiger charge is -2.14. The summed E-state index contributed by atoms with van der Waals surface area (Å²) in [7, 11) is 1.55. The van der Waals surface area contributed by atoms with E-state index in [2.05, 4.69) is 38.8 Å². The standard InChI is InChI=1S/C20H22BrN3O3S/c1-3-4-11-22-19(26)14-7-5-6-8-16(14)23-20(28)24-18(25)13-9-10-17(27-2)15(21)12-13/h5-10,12H,3-4,11H2,1-2H3,(H,22,26)(H2,23,24,25,28). The Kier molecular flexibility index (Phi) is 8.41. The number of rotatable bonds is 7. The molecule has 0 aromatic heterocycles. The highest BCUT2D eigenvalue weighted by Crippen LogP contribution is 2.25. The zero-order valence-electron chi connectivity index (χ0n) is 15.7. The molecule has 2 aromatic rings. The van der Waals surface area contributed by atoms with Gasteiger partial charge in [-0.05, 0) is 64.9 Å². The van der Waals surface area contributed by atoms with Gasteiger partial charge in [-0.3, -0.25) is 14.9 Å². The number of unbranched alkanes of at least 4 members (excludes halogenated alkanes) is 1. The Morgan fingerprint density at radius 3 is 2.57 bits per heavy atom. The molecule has 0 spiro atoms. The number of methoxy groups -OCH3 is 1. The zero-order valence-corrected chi connectivity index (χ0v) is 18.1. The number of carbonyl (C=O) groups is 2. The molecule has 2 aromatic carbocycles. The number of halogens is 1. The van der Waals surface area contributed by atoms with Gasteiger partial charge in [0.1, 0.15) is 5.75 Å². The molecular formula is C20H22BrN3O3S. The van der Waals surface area contributed by atoms with Gasteiger partial charge >= 0.3 is 0 Å². The Bertz CT molecular complexity index is 874. The fraction of sp³-hybridized carbons (Fsp3) is 0.250. The van der Waals surface area contributed by atoms with E-state index in [9.17, 15) is 9.59 Å². The molecule has 0 aliphatic carbocycles. The van der Waals surface area contributed by atoms with Gasteiger partial charge in [0.15, 0.2) is 5.11 Å². The summed E-state index contributed by atoms with van der Waals surface area (Å²) >= 11 is 8.58. The minimum absolute atomic E-state index is 0.103. The van der Waals surface area contributed by atoms with Gasteiger partial charge in [-0.25, -0.2) is 0 Å². The van der Waals surface area contributed by atoms with Gasteiger partial charge in [0.05, 0.1) is 22.8 Å². The number of ether oxygens (including phenoxy) is 1. The van der Waals surface area contributed by atoms with E-state index < -0.39 is 0 Å². The minimum atomic E-state index is -0.370. The summed E-state index contributed by atoms with van der Waals surface area (Å²) in [6, 6.07) is 12.0. The van der Waals surface area contributed by atoms with E-state index in [4.69, 9.17) is 17.0 Å². The number of thiocarbonyl (C=S) groups is 1. The van der Waals surface area contributed by atoms with Crippen molar-refractivity contribution in [2.45, 2.75) is 19.8 Å². The number of para-hydroxylation sites is 1. The SMILES string of the molecule is CCCCNC(=O)c1ccccc1NC(=S)NC(=O)c1ccc(OC)c(Br)c1. The second-order valence-corrected chi connectivity index (χ2v) is 7.18. The quantitative estimate of drug-likeness (QED) is 0.425. The molecule has 148 valence electrons. The molecule has 0 fully saturated rings. The maximum Gasteiger partial charge on any atom is 0.257 e. The lowest BCUT2D eigenvalue weighted by molar-refractivity contribution is 0.0952. The first kappa shape index (κ1) is 21.8. The van der Waals surface area contributed by atoms with Crippen molar-refractivity contribution in [1.29, 1.82) is 0 Å². The average Bonchev–Trinajstić information content (AvgIpc) is 2.68. The number of carbonyl (C=O) groups excluding carboxylic acids is 2. The Morgan fingerprint density at radius 1 is 1.14 bits per heavy atom. The van der Waals surface area contributed by atoms with E-state index in [1.807, 2.05) is 0 Å². The number of benzene rings is 2. The maximum absolute atomic E-state index is 12.4. The van der Waals surface area contributed by atoms with Crippen LogP contribution in [0.5, 0.6) is 5.75 Å². The highest BCUT2D eigenvalue weighted by Gasteiger charge is 2.14. The fourth-order valence-corrected chi connectivity index (χ4v) is 3.14. The molecule has 0 saturated heterocycles. The van der Waals surface area contributed by atoms with Crippen LogP contribution in [0.15, 0.2) is 46.9 Å². The molecule has 0 bridgehead atoms. The first-order valence-corrected chi connectivity index (χ1v) is 9.99. The van der Waals surface area contributed by atoms with E-state index >= 15 is 0 Å². The van der Waals surface area contributed by atoms with Crippen LogP contribution in [0, 0.1) is 0 Å². The second-order valence-electron chi connectivity index (χ2n) is 5.91. The Morgan fingerprint density at radius 2 is 1.89 bits per heavy atom. The lowest BCUT2D eigenvalue weighted by atomic mass is 10.1. The number of hydrogen-bond acceptors (Lipinski definition) is 4. The van der Waals surface area contributed by atoms with Gasteiger partial charge in [-0.1, -0.05) is 25.5 Å². The van der Waals surface area contributed by atoms with Crippen molar-refractivity contribution in [2.24, 2.45) is 0 Å². The zero-order chi connectivity index (χ0) is 20.5. The number of nitrogens with one attached hydrogen (secondary N) is 3. The Hall–Kier alpha value is -2.45. The molecule has 0 heterocycles. The molecule has 2 rings (SSSR count). The number of amides is 2. The van der Waals surface area contributed by atoms with Gasteiger partial charge < -0.3 is 15.4 Å². The predicted octanol–water partition coefficient (Wildman–Crippen LogP) is 4.11. The normalized spacial score (nSPS) is 10.1. The van der Waals surface area contributed by atoms with Gasteiger partial charge in [0.2, 0.25) is 0 Å². The molecule has 0 radical (unpaired) electrons. The van der Waals surface area contributed by atoms with E-state index in [1.54, 1.807) is 49.6 Å². The summed E-state index contributed by atoms with van der Waals surface area (Å²) in [5.74, 6) is 0.0655. The summed E-state index contributed by atoms with van der Waals surface area (Å²) in [6.45, 7) is 2.67. The Balaban J connectivity index is 2.04. The van der Waals surface area contributed by atoms with Crippen LogP contribution >= 0.6 is 28.1 Å². The van der Waals surface area contributed by atoms with Crippen LogP contribution < -0.4 is 20.7 Å². The predicted molar refractivity (Wildman–Crippen MR) is 118 cm³/mol. The molecular weight excluding hydrogens is 442 g/mol. The topological polar surface area (TPSA) is 79.5 Å². The summed E-state index contributed by atoms with van der Waals surface area (Å²) in [4.78, 5) is 24.8. The van der Waals surface area contributed by atoms with Crippen LogP contribution in [0.2, 0.25) is 0 Å². The lowest BCUT2D eigenvalue weighted by Crippen LogP contribution is -2.35. The minimum Gasteiger partial charge on any atom is -0.496 e. The molecule has 0 aliphatic heterocycles. The van der Waals surface area contributed by atoms with Crippen molar-refractivity contribution in [1.82, 2.24) is 10.6 Å². The van der Waals surface area contributed by atoms with Gasteiger partial charge in [-0.15, -0.1) is 0 Å². The fourth-order valence-electron chi connectivity index (χ4n) is 2.40. The van der Waals surface area contributed by atoms with Gasteiger partial charge in [-0.2, -0.15) is 0 Å². The monoisotopic (exact) mass is 463 g/mol. The van der Waals surface area contributed by atoms with Crippen LogP contribution in [-0.2, 0) is 0 Å². The molecule has 6 nitrogen and oxygen atoms in total. The van der Waals surface area contributed by atoms with Crippen LogP contribution in [-0.4, -0.2) is 30.6 Å². The van der Waals surface area contributed by atoms with Crippen LogP contribution in [0.1, 0.15) is 40.5 Å². The summed E-state index contributed by atoms with van der Waals surface area (Å²) in [6.07, 6.45) is 1.91. The summed E-state index contributed by atoms with van der Waals surface area (Å²) in [5.41, 5.74) is 1.41. The van der Waals surface area contributed by atoms with Crippen LogP contribution in [0.25, 0.3) is 0 Å². The van der Waals surface area contributed by atoms with Crippen molar-refractivity contribution in [2.75, 3.05) is 19.0 Å². The molecule has 2 amide bonds. The molecule has 3 N–H and O–H groups in total. The number of hydrogen-bond donors (Lipinski definition) is 3. The highest BCUT2D eigenvalue weighted by molar-refractivity contribution is 9.10. The van der Waals surface area contributed by atoms with E-state index in [1.165, 1.54) is 0 Å². The molecule has 28 heavy (non-hydrogen) atoms. The van der Waals surface area contributed by atoms with E-state index in [0.717, 1.165) is 12.8 Å². The van der Waals surface area contributed by atoms with Crippen molar-refractivity contribution in [3.05, 3.63) is 58.1 Å². The average molecular weight is 464 g/mol. The second kappa shape index (κ2) is 10.8. The van der Waals surface area contributed by atoms with Crippen molar-refractivity contribution < 1.29 is 14.3 Å². The largest absolute Gasteiger partial charge is 0.496 e. The van der Waals surface area contributed by atoms with Crippen molar-refractivity contribution in [3.8, 4) is 5.75 Å². The summed E-state index contributed by atoms with van der Waals surface area (Å²) in [5, 5.41) is 8.51. The summed E-state index contributed by atoms with van der Waals surface area (Å²) < 4.78 is 5.82. The van der Waals surface area contributed by atoms with Crippen molar-refractivity contribution in [3.63, 3.8) is 0 Å². The van der Waals surface area contributed by atoms with Gasteiger partial charge in [0.25, 0.3) is 11.8 Å². The van der Waals surface area contributed by atoms with Crippen LogP contribution in [0.4, 0.5) is 5.69 Å². The number of anilines is 1. The third kappa shape index (κ3) is 6.03. The Labute approximate surface area is 178 Å². The third-order valence-electron chi connectivity index (χ3n) is 3.88. The third-order valence-corrected chi connectivity index (χ3v) is 4.70. The smallest absolute Gasteiger partial charge is 0.257 e. The molecule has 0 atom stereocenters. The molecule has 0 unspecified atom stereocenters. The first-order chi connectivity index (χ1) is 13.5. The van der Waals surface area contributed by atoms with Crippen molar-refractivity contribution >= 4 is 50.8 Å². The molecule has 0 saturated carbocycles. The first-order valence-electron chi connectivity index (χ1n) is 8.79. The maximum atomic E-state index is 12.4. The van der Waals surface area contributed by atoms with E-state index in [0.29, 0.717) is 33.6 Å². The van der Waals surface area contributed by atoms with Crippen LogP contribution in [0.3, 0.4) is 0 Å². The van der Waals surface area contributed by atoms with Gasteiger partial charge in [0, 0.05) is 12.1 Å². The molecule has 8 heteroatoms. The van der Waals surface area contributed by atoms with E-state index in [-0.39, 0.29) is 16.9 Å².